The molecule has 0 aliphatic rings. The summed E-state index contributed by atoms with van der Waals surface area (Å²) in [6.07, 6.45) is 6.17. The van der Waals surface area contributed by atoms with Gasteiger partial charge in [-0.05, 0) is 31.4 Å². The van der Waals surface area contributed by atoms with Gasteiger partial charge in [-0.15, -0.1) is 0 Å². The van der Waals surface area contributed by atoms with Crippen LogP contribution in [-0.4, -0.2) is 19.7 Å². The molecule has 1 unspecified atom stereocenters. The number of hydrogen-bond donors (Lipinski definition) is 1. The summed E-state index contributed by atoms with van der Waals surface area (Å²) in [6, 6.07) is 10.5. The van der Waals surface area contributed by atoms with E-state index in [0.717, 1.165) is 26.3 Å². The van der Waals surface area contributed by atoms with Crippen LogP contribution in [0, 0.1) is 5.41 Å². The van der Waals surface area contributed by atoms with Crippen LogP contribution >= 0.6 is 0 Å². The first-order valence-electron chi connectivity index (χ1n) is 8.58. The van der Waals surface area contributed by atoms with Crippen molar-refractivity contribution >= 4 is 0 Å². The monoisotopic (exact) mass is 291 g/mol. The van der Waals surface area contributed by atoms with Gasteiger partial charge in [0.05, 0.1) is 13.2 Å². The van der Waals surface area contributed by atoms with Crippen molar-refractivity contribution in [2.75, 3.05) is 19.7 Å². The molecule has 1 N–H and O–H groups in total. The maximum Gasteiger partial charge on any atom is 0.0717 e. The molecular weight excluding hydrogens is 258 g/mol. The predicted octanol–water partition coefficient (Wildman–Crippen LogP) is 4.79. The molecule has 1 aromatic rings. The van der Waals surface area contributed by atoms with Crippen LogP contribution in [0.15, 0.2) is 30.3 Å². The summed E-state index contributed by atoms with van der Waals surface area (Å²) < 4.78 is 6.06. The number of benzene rings is 1. The molecule has 2 heteroatoms. The predicted molar refractivity (Wildman–Crippen MR) is 91.5 cm³/mol. The van der Waals surface area contributed by atoms with E-state index in [4.69, 9.17) is 4.74 Å². The number of hydrogen-bond acceptors (Lipinski definition) is 2. The van der Waals surface area contributed by atoms with Gasteiger partial charge in [0.25, 0.3) is 0 Å². The molecule has 0 saturated heterocycles. The highest BCUT2D eigenvalue weighted by Gasteiger charge is 2.27. The molecule has 0 bridgehead atoms. The highest BCUT2D eigenvalue weighted by molar-refractivity contribution is 5.13. The molecule has 0 radical (unpaired) electrons. The van der Waals surface area contributed by atoms with E-state index in [1.807, 2.05) is 0 Å². The zero-order valence-electron chi connectivity index (χ0n) is 14.2. The van der Waals surface area contributed by atoms with Gasteiger partial charge in [-0.1, -0.05) is 63.9 Å². The van der Waals surface area contributed by atoms with Gasteiger partial charge in [-0.3, -0.25) is 0 Å². The summed E-state index contributed by atoms with van der Waals surface area (Å²) in [4.78, 5) is 0. The van der Waals surface area contributed by atoms with Crippen LogP contribution in [0.1, 0.15) is 58.4 Å². The summed E-state index contributed by atoms with van der Waals surface area (Å²) >= 11 is 0. The van der Waals surface area contributed by atoms with Gasteiger partial charge in [0.1, 0.15) is 0 Å². The first-order valence-corrected chi connectivity index (χ1v) is 8.58. The Morgan fingerprint density at radius 3 is 2.43 bits per heavy atom. The first kappa shape index (κ1) is 18.2. The van der Waals surface area contributed by atoms with Gasteiger partial charge in [0.2, 0.25) is 0 Å². The van der Waals surface area contributed by atoms with Crippen molar-refractivity contribution in [3.05, 3.63) is 35.9 Å². The molecule has 0 saturated carbocycles. The highest BCUT2D eigenvalue weighted by Crippen LogP contribution is 2.29. The Balaban J connectivity index is 2.49. The summed E-state index contributed by atoms with van der Waals surface area (Å²) in [5.74, 6) is 0. The maximum atomic E-state index is 6.06. The van der Waals surface area contributed by atoms with Crippen molar-refractivity contribution in [3.8, 4) is 0 Å². The molecule has 0 heterocycles. The number of nitrogens with one attached hydrogen (secondary N) is 1. The lowest BCUT2D eigenvalue weighted by atomic mass is 9.80. The first-order chi connectivity index (χ1) is 10.3. The van der Waals surface area contributed by atoms with Gasteiger partial charge >= 0.3 is 0 Å². The maximum absolute atomic E-state index is 6.06. The Morgan fingerprint density at radius 1 is 1.05 bits per heavy atom. The van der Waals surface area contributed by atoms with Crippen molar-refractivity contribution in [2.24, 2.45) is 5.41 Å². The van der Waals surface area contributed by atoms with E-state index in [9.17, 15) is 0 Å². The van der Waals surface area contributed by atoms with Gasteiger partial charge in [0, 0.05) is 12.0 Å². The third-order valence-corrected chi connectivity index (χ3v) is 4.26. The summed E-state index contributed by atoms with van der Waals surface area (Å²) in [5, 5.41) is 3.60. The molecule has 1 atom stereocenters. The van der Waals surface area contributed by atoms with Gasteiger partial charge in [-0.25, -0.2) is 0 Å². The van der Waals surface area contributed by atoms with E-state index in [0.29, 0.717) is 5.41 Å². The fraction of sp³-hybridized carbons (Fsp3) is 0.684. The zero-order valence-corrected chi connectivity index (χ0v) is 14.2. The highest BCUT2D eigenvalue weighted by atomic mass is 16.5. The molecule has 0 spiro atoms. The Hall–Kier alpha value is -0.860. The van der Waals surface area contributed by atoms with Crippen molar-refractivity contribution in [1.82, 2.24) is 5.32 Å². The molecule has 21 heavy (non-hydrogen) atoms. The lowest BCUT2D eigenvalue weighted by molar-refractivity contribution is 0.0242. The van der Waals surface area contributed by atoms with Crippen LogP contribution in [0.4, 0.5) is 0 Å². The van der Waals surface area contributed by atoms with E-state index < -0.39 is 0 Å². The van der Waals surface area contributed by atoms with E-state index in [2.05, 4.69) is 56.4 Å². The fourth-order valence-electron chi connectivity index (χ4n) is 2.66. The van der Waals surface area contributed by atoms with Crippen molar-refractivity contribution < 1.29 is 4.74 Å². The SMILES string of the molecule is CCCCC(CC)(CNCCC)COCc1ccccc1. The average Bonchev–Trinajstić information content (AvgIpc) is 2.53. The summed E-state index contributed by atoms with van der Waals surface area (Å²) in [7, 11) is 0. The number of unbranched alkanes of at least 4 members (excludes halogenated alkanes) is 1. The molecule has 120 valence electrons. The van der Waals surface area contributed by atoms with E-state index in [1.54, 1.807) is 0 Å². The standard InChI is InChI=1S/C19H33NO/c1-4-7-13-19(6-3,16-20-14-5-2)17-21-15-18-11-9-8-10-12-18/h8-12,20H,4-7,13-17H2,1-3H3. The van der Waals surface area contributed by atoms with Gasteiger partial charge in [-0.2, -0.15) is 0 Å². The van der Waals surface area contributed by atoms with Crippen LogP contribution in [-0.2, 0) is 11.3 Å². The molecule has 1 rings (SSSR count). The molecular formula is C19H33NO. The Bertz CT molecular complexity index is 352. The van der Waals surface area contributed by atoms with Gasteiger partial charge < -0.3 is 10.1 Å². The number of ether oxygens (including phenoxy) is 1. The molecule has 0 aliphatic heterocycles. The van der Waals surface area contributed by atoms with E-state index >= 15 is 0 Å². The van der Waals surface area contributed by atoms with Crippen LogP contribution in [0.2, 0.25) is 0 Å². The summed E-state index contributed by atoms with van der Waals surface area (Å²) in [5.41, 5.74) is 1.56. The lowest BCUT2D eigenvalue weighted by Crippen LogP contribution is -2.38. The third-order valence-electron chi connectivity index (χ3n) is 4.26. The van der Waals surface area contributed by atoms with E-state index in [-0.39, 0.29) is 0 Å². The fourth-order valence-corrected chi connectivity index (χ4v) is 2.66. The molecule has 0 aliphatic carbocycles. The second-order valence-electron chi connectivity index (χ2n) is 6.11. The zero-order chi connectivity index (χ0) is 15.4. The van der Waals surface area contributed by atoms with Crippen molar-refractivity contribution in [3.63, 3.8) is 0 Å². The normalized spacial score (nSPS) is 14.0. The molecule has 1 aromatic carbocycles. The second-order valence-corrected chi connectivity index (χ2v) is 6.11. The van der Waals surface area contributed by atoms with Crippen LogP contribution in [0.5, 0.6) is 0 Å². The molecule has 0 amide bonds. The van der Waals surface area contributed by atoms with Crippen LogP contribution < -0.4 is 5.32 Å². The van der Waals surface area contributed by atoms with E-state index in [1.165, 1.54) is 37.7 Å². The number of rotatable bonds is 12. The average molecular weight is 291 g/mol. The lowest BCUT2D eigenvalue weighted by Gasteiger charge is -2.33. The van der Waals surface area contributed by atoms with Gasteiger partial charge in [0.15, 0.2) is 0 Å². The Kier molecular flexibility index (Phi) is 9.36. The minimum Gasteiger partial charge on any atom is -0.376 e. The minimum atomic E-state index is 0.292. The topological polar surface area (TPSA) is 21.3 Å². The summed E-state index contributed by atoms with van der Waals surface area (Å²) in [6.45, 7) is 10.6. The largest absolute Gasteiger partial charge is 0.376 e. The Morgan fingerprint density at radius 2 is 1.81 bits per heavy atom. The molecule has 0 aromatic heterocycles. The van der Waals surface area contributed by atoms with Crippen molar-refractivity contribution in [1.29, 1.82) is 0 Å². The Labute approximate surface area is 131 Å². The van der Waals surface area contributed by atoms with Crippen LogP contribution in [0.3, 0.4) is 0 Å². The smallest absolute Gasteiger partial charge is 0.0717 e. The second kappa shape index (κ2) is 10.8. The molecule has 0 fully saturated rings. The minimum absolute atomic E-state index is 0.292. The molecule has 2 nitrogen and oxygen atoms in total. The van der Waals surface area contributed by atoms with Crippen LogP contribution in [0.25, 0.3) is 0 Å². The quantitative estimate of drug-likeness (QED) is 0.559. The third kappa shape index (κ3) is 7.10. The van der Waals surface area contributed by atoms with Crippen molar-refractivity contribution in [2.45, 2.75) is 59.5 Å².